The first kappa shape index (κ1) is 19.4. The Hall–Kier alpha value is -3.52. The van der Waals surface area contributed by atoms with Crippen molar-refractivity contribution in [2.75, 3.05) is 43.5 Å². The van der Waals surface area contributed by atoms with Crippen molar-refractivity contribution in [3.8, 4) is 11.4 Å². The van der Waals surface area contributed by atoms with Gasteiger partial charge >= 0.3 is 0 Å². The minimum absolute atomic E-state index is 0.0284. The molecule has 1 aromatic carbocycles. The number of hydrogen-bond donors (Lipinski definition) is 1. The summed E-state index contributed by atoms with van der Waals surface area (Å²) in [5.74, 6) is 1.57. The van der Waals surface area contributed by atoms with Crippen molar-refractivity contribution in [1.82, 2.24) is 19.9 Å². The molecule has 158 valence electrons. The number of amides is 1. The maximum atomic E-state index is 13.0. The van der Waals surface area contributed by atoms with E-state index in [2.05, 4.69) is 9.88 Å². The van der Waals surface area contributed by atoms with Gasteiger partial charge in [0.25, 0.3) is 5.91 Å². The van der Waals surface area contributed by atoms with E-state index in [1.807, 2.05) is 29.2 Å². The molecule has 2 aromatic heterocycles. The van der Waals surface area contributed by atoms with Gasteiger partial charge in [0.05, 0.1) is 31.0 Å². The summed E-state index contributed by atoms with van der Waals surface area (Å²) >= 11 is 0. The zero-order valence-electron chi connectivity index (χ0n) is 17.2. The molecule has 2 aliphatic rings. The van der Waals surface area contributed by atoms with Crippen molar-refractivity contribution in [3.05, 3.63) is 65.6 Å². The van der Waals surface area contributed by atoms with Crippen LogP contribution in [-0.2, 0) is 17.7 Å². The maximum Gasteiger partial charge on any atom is 0.255 e. The second-order valence-electron chi connectivity index (χ2n) is 7.74. The minimum atomic E-state index is -0.0284. The van der Waals surface area contributed by atoms with E-state index in [-0.39, 0.29) is 5.91 Å². The van der Waals surface area contributed by atoms with Crippen molar-refractivity contribution in [3.63, 3.8) is 0 Å². The Kier molecular flexibility index (Phi) is 5.21. The topological polar surface area (TPSA) is 97.5 Å². The number of nitrogens with two attached hydrogens (primary N) is 1. The van der Waals surface area contributed by atoms with Crippen molar-refractivity contribution < 1.29 is 9.53 Å². The molecule has 0 bridgehead atoms. The molecule has 0 atom stereocenters. The molecule has 0 aliphatic carbocycles. The Morgan fingerprint density at radius 3 is 2.58 bits per heavy atom. The summed E-state index contributed by atoms with van der Waals surface area (Å²) in [6.45, 7) is 4.03. The van der Waals surface area contributed by atoms with Crippen molar-refractivity contribution in [2.45, 2.75) is 13.0 Å². The number of pyridine rings is 1. The summed E-state index contributed by atoms with van der Waals surface area (Å²) in [7, 11) is 0. The number of nitrogens with zero attached hydrogens (tertiary/aromatic N) is 5. The molecule has 0 radical (unpaired) electrons. The maximum absolute atomic E-state index is 13.0. The van der Waals surface area contributed by atoms with Gasteiger partial charge in [0.15, 0.2) is 5.82 Å². The summed E-state index contributed by atoms with van der Waals surface area (Å²) in [5, 5.41) is 0. The lowest BCUT2D eigenvalue weighted by Gasteiger charge is -2.34. The Balaban J connectivity index is 1.53. The van der Waals surface area contributed by atoms with E-state index in [1.165, 1.54) is 0 Å². The molecule has 8 nitrogen and oxygen atoms in total. The van der Waals surface area contributed by atoms with Gasteiger partial charge in [-0.3, -0.25) is 9.78 Å². The number of fused-ring (bicyclic) bond motifs is 1. The second kappa shape index (κ2) is 8.31. The third-order valence-corrected chi connectivity index (χ3v) is 5.72. The van der Waals surface area contributed by atoms with Crippen LogP contribution in [0.1, 0.15) is 21.6 Å². The van der Waals surface area contributed by atoms with Crippen LogP contribution in [0.15, 0.2) is 48.8 Å². The van der Waals surface area contributed by atoms with E-state index < -0.39 is 0 Å². The molecular weight excluding hydrogens is 392 g/mol. The fourth-order valence-corrected chi connectivity index (χ4v) is 4.05. The van der Waals surface area contributed by atoms with E-state index in [0.717, 1.165) is 42.1 Å². The van der Waals surface area contributed by atoms with Gasteiger partial charge in [-0.15, -0.1) is 0 Å². The normalized spacial score (nSPS) is 16.1. The summed E-state index contributed by atoms with van der Waals surface area (Å²) in [6, 6.07) is 11.1. The van der Waals surface area contributed by atoms with Crippen molar-refractivity contribution in [1.29, 1.82) is 0 Å². The SMILES string of the molecule is Nc1ccc(-c2nc3c(c(N4CCOCC4)n2)CCN(C(=O)c2cccnc2)C3)cc1. The molecule has 1 amide bonds. The lowest BCUT2D eigenvalue weighted by atomic mass is 10.0. The van der Waals surface area contributed by atoms with Crippen molar-refractivity contribution >= 4 is 17.4 Å². The van der Waals surface area contributed by atoms with Gasteiger partial charge < -0.3 is 20.3 Å². The van der Waals surface area contributed by atoms with Gasteiger partial charge in [-0.2, -0.15) is 0 Å². The van der Waals surface area contributed by atoms with Gasteiger partial charge in [-0.05, 0) is 42.8 Å². The number of rotatable bonds is 3. The molecule has 2 N–H and O–H groups in total. The highest BCUT2D eigenvalue weighted by Crippen LogP contribution is 2.30. The Bertz CT molecular complexity index is 1080. The van der Waals surface area contributed by atoms with E-state index in [1.54, 1.807) is 24.5 Å². The molecule has 3 aromatic rings. The van der Waals surface area contributed by atoms with E-state index in [9.17, 15) is 4.79 Å². The number of anilines is 2. The number of nitrogen functional groups attached to an aromatic ring is 1. The van der Waals surface area contributed by atoms with Gasteiger partial charge in [0.2, 0.25) is 0 Å². The third-order valence-electron chi connectivity index (χ3n) is 5.72. The Morgan fingerprint density at radius 2 is 1.84 bits per heavy atom. The second-order valence-corrected chi connectivity index (χ2v) is 7.74. The number of aromatic nitrogens is 3. The Labute approximate surface area is 180 Å². The number of ether oxygens (including phenoxy) is 1. The molecule has 1 saturated heterocycles. The smallest absolute Gasteiger partial charge is 0.255 e. The third kappa shape index (κ3) is 3.94. The molecule has 5 rings (SSSR count). The number of carbonyl (C=O) groups excluding carboxylic acids is 1. The van der Waals surface area contributed by atoms with Gasteiger partial charge in [0, 0.05) is 48.8 Å². The van der Waals surface area contributed by atoms with E-state index in [0.29, 0.717) is 43.4 Å². The van der Waals surface area contributed by atoms with Crippen LogP contribution in [0.2, 0.25) is 0 Å². The molecule has 4 heterocycles. The highest BCUT2D eigenvalue weighted by Gasteiger charge is 2.28. The standard InChI is InChI=1S/C23H24N6O2/c24-18-5-3-16(4-6-18)21-26-20-15-29(23(30)17-2-1-8-25-14-17)9-7-19(20)22(27-21)28-10-12-31-13-11-28/h1-6,8,14H,7,9-13,15,24H2. The largest absolute Gasteiger partial charge is 0.399 e. The van der Waals surface area contributed by atoms with Crippen LogP contribution >= 0.6 is 0 Å². The van der Waals surface area contributed by atoms with E-state index in [4.69, 9.17) is 20.4 Å². The molecule has 1 fully saturated rings. The monoisotopic (exact) mass is 416 g/mol. The van der Waals surface area contributed by atoms with Gasteiger partial charge in [-0.25, -0.2) is 9.97 Å². The fourth-order valence-electron chi connectivity index (χ4n) is 4.05. The fraction of sp³-hybridized carbons (Fsp3) is 0.304. The zero-order valence-corrected chi connectivity index (χ0v) is 17.2. The molecule has 0 unspecified atom stereocenters. The summed E-state index contributed by atoms with van der Waals surface area (Å²) in [4.78, 5) is 31.0. The molecule has 0 saturated carbocycles. The quantitative estimate of drug-likeness (QED) is 0.654. The first-order valence-electron chi connectivity index (χ1n) is 10.5. The van der Waals surface area contributed by atoms with E-state index >= 15 is 0 Å². The lowest BCUT2D eigenvalue weighted by molar-refractivity contribution is 0.0731. The number of hydrogen-bond acceptors (Lipinski definition) is 7. The predicted octanol–water partition coefficient (Wildman–Crippen LogP) is 2.16. The lowest BCUT2D eigenvalue weighted by Crippen LogP contribution is -2.41. The number of carbonyl (C=O) groups is 1. The summed E-state index contributed by atoms with van der Waals surface area (Å²) < 4.78 is 5.53. The van der Waals surface area contributed by atoms with Crippen LogP contribution in [0.25, 0.3) is 11.4 Å². The molecular formula is C23H24N6O2. The average Bonchev–Trinajstić information content (AvgIpc) is 2.84. The zero-order chi connectivity index (χ0) is 21.2. The highest BCUT2D eigenvalue weighted by molar-refractivity contribution is 5.94. The average molecular weight is 416 g/mol. The van der Waals surface area contributed by atoms with Gasteiger partial charge in [-0.1, -0.05) is 0 Å². The molecule has 0 spiro atoms. The highest BCUT2D eigenvalue weighted by atomic mass is 16.5. The summed E-state index contributed by atoms with van der Waals surface area (Å²) in [5.41, 5.74) is 10.1. The minimum Gasteiger partial charge on any atom is -0.399 e. The molecule has 2 aliphatic heterocycles. The molecule has 8 heteroatoms. The van der Waals surface area contributed by atoms with Crippen LogP contribution in [-0.4, -0.2) is 58.6 Å². The molecule has 31 heavy (non-hydrogen) atoms. The summed E-state index contributed by atoms with van der Waals surface area (Å²) in [6.07, 6.45) is 4.00. The first-order chi connectivity index (χ1) is 15.2. The van der Waals surface area contributed by atoms with Crippen LogP contribution in [0.5, 0.6) is 0 Å². The van der Waals surface area contributed by atoms with Crippen LogP contribution in [0, 0.1) is 0 Å². The number of morpholine rings is 1. The van der Waals surface area contributed by atoms with Crippen LogP contribution < -0.4 is 10.6 Å². The van der Waals surface area contributed by atoms with Crippen molar-refractivity contribution in [2.24, 2.45) is 0 Å². The van der Waals surface area contributed by atoms with Crippen LogP contribution in [0.4, 0.5) is 11.5 Å². The van der Waals surface area contributed by atoms with Crippen LogP contribution in [0.3, 0.4) is 0 Å². The Morgan fingerprint density at radius 1 is 1.03 bits per heavy atom. The van der Waals surface area contributed by atoms with Gasteiger partial charge in [0.1, 0.15) is 5.82 Å². The first-order valence-corrected chi connectivity index (χ1v) is 10.5. The predicted molar refractivity (Wildman–Crippen MR) is 118 cm³/mol. The number of benzene rings is 1.